The van der Waals surface area contributed by atoms with Gasteiger partial charge in [-0.15, -0.1) is 11.6 Å². The molecule has 2 unspecified atom stereocenters. The van der Waals surface area contributed by atoms with Crippen LogP contribution in [0.5, 0.6) is 0 Å². The molecule has 0 saturated carbocycles. The van der Waals surface area contributed by atoms with Gasteiger partial charge in [-0.2, -0.15) is 0 Å². The molecule has 1 aromatic carbocycles. The molecule has 0 N–H and O–H groups in total. The molecule has 1 aromatic heterocycles. The van der Waals surface area contributed by atoms with E-state index in [1.807, 2.05) is 29.5 Å². The number of alkyl halides is 1. The summed E-state index contributed by atoms with van der Waals surface area (Å²) in [6.45, 7) is 5.31. The first-order valence-corrected chi connectivity index (χ1v) is 8.03. The van der Waals surface area contributed by atoms with Gasteiger partial charge in [0.25, 0.3) is 0 Å². The van der Waals surface area contributed by atoms with E-state index >= 15 is 0 Å². The first-order valence-electron chi connectivity index (χ1n) is 6.52. The van der Waals surface area contributed by atoms with E-state index in [0.717, 1.165) is 23.3 Å². The molecule has 6 heteroatoms. The van der Waals surface area contributed by atoms with Gasteiger partial charge in [0.2, 0.25) is 0 Å². The predicted octanol–water partition coefficient (Wildman–Crippen LogP) is 4.22. The van der Waals surface area contributed by atoms with Crippen molar-refractivity contribution in [3.05, 3.63) is 27.3 Å². The third kappa shape index (κ3) is 2.23. The fourth-order valence-corrected chi connectivity index (χ4v) is 3.36. The van der Waals surface area contributed by atoms with E-state index in [1.165, 1.54) is 0 Å². The molecule has 1 aliphatic rings. The Hall–Kier alpha value is -0.400. The first kappa shape index (κ1) is 14.5. The molecular weight excluding hydrogens is 394 g/mol. The van der Waals surface area contributed by atoms with Gasteiger partial charge in [-0.1, -0.05) is 0 Å². The molecule has 0 amide bonds. The van der Waals surface area contributed by atoms with Gasteiger partial charge < -0.3 is 9.30 Å². The zero-order valence-electron chi connectivity index (χ0n) is 11.3. The Morgan fingerprint density at radius 2 is 2.30 bits per heavy atom. The van der Waals surface area contributed by atoms with Crippen LogP contribution in [0.1, 0.15) is 31.5 Å². The number of halogens is 3. The Morgan fingerprint density at radius 1 is 1.55 bits per heavy atom. The van der Waals surface area contributed by atoms with Crippen LogP contribution in [0.25, 0.3) is 11.0 Å². The SMILES string of the molecule is CC(Cl)c1nc2cc(I)c(F)cc2n1C1(C)CCOC1. The van der Waals surface area contributed by atoms with E-state index in [1.54, 1.807) is 12.1 Å². The van der Waals surface area contributed by atoms with Crippen molar-refractivity contribution in [1.82, 2.24) is 9.55 Å². The second-order valence-electron chi connectivity index (χ2n) is 5.48. The normalized spacial score (nSPS) is 24.4. The van der Waals surface area contributed by atoms with Crippen molar-refractivity contribution in [3.63, 3.8) is 0 Å². The predicted molar refractivity (Wildman–Crippen MR) is 85.8 cm³/mol. The maximum atomic E-state index is 13.9. The van der Waals surface area contributed by atoms with Crippen LogP contribution in [0.4, 0.5) is 4.39 Å². The molecule has 108 valence electrons. The number of hydrogen-bond donors (Lipinski definition) is 0. The van der Waals surface area contributed by atoms with Crippen molar-refractivity contribution in [2.75, 3.05) is 13.2 Å². The topological polar surface area (TPSA) is 27.1 Å². The highest BCUT2D eigenvalue weighted by atomic mass is 127. The smallest absolute Gasteiger partial charge is 0.138 e. The lowest BCUT2D eigenvalue weighted by Gasteiger charge is -2.28. The summed E-state index contributed by atoms with van der Waals surface area (Å²) >= 11 is 8.26. The average molecular weight is 409 g/mol. The third-order valence-electron chi connectivity index (χ3n) is 3.82. The minimum atomic E-state index is -0.236. The third-order valence-corrected chi connectivity index (χ3v) is 4.84. The number of nitrogens with zero attached hydrogens (tertiary/aromatic N) is 2. The zero-order chi connectivity index (χ0) is 14.5. The Kier molecular flexibility index (Phi) is 3.71. The number of ether oxygens (including phenoxy) is 1. The van der Waals surface area contributed by atoms with Gasteiger partial charge in [-0.25, -0.2) is 9.37 Å². The lowest BCUT2D eigenvalue weighted by atomic mass is 10.0. The van der Waals surface area contributed by atoms with Crippen LogP contribution < -0.4 is 0 Å². The van der Waals surface area contributed by atoms with Crippen molar-refractivity contribution < 1.29 is 9.13 Å². The first-order chi connectivity index (χ1) is 9.42. The Labute approximate surface area is 135 Å². The van der Waals surface area contributed by atoms with Crippen LogP contribution in [0, 0.1) is 9.39 Å². The summed E-state index contributed by atoms with van der Waals surface area (Å²) in [6, 6.07) is 3.32. The van der Waals surface area contributed by atoms with Crippen LogP contribution in [0.2, 0.25) is 0 Å². The molecule has 1 aliphatic heterocycles. The summed E-state index contributed by atoms with van der Waals surface area (Å²) in [5.41, 5.74) is 1.36. The van der Waals surface area contributed by atoms with E-state index in [4.69, 9.17) is 16.3 Å². The van der Waals surface area contributed by atoms with Crippen molar-refractivity contribution in [3.8, 4) is 0 Å². The van der Waals surface area contributed by atoms with Gasteiger partial charge >= 0.3 is 0 Å². The molecule has 0 spiro atoms. The van der Waals surface area contributed by atoms with Gasteiger partial charge in [-0.05, 0) is 48.9 Å². The lowest BCUT2D eigenvalue weighted by Crippen LogP contribution is -2.32. The van der Waals surface area contributed by atoms with Crippen molar-refractivity contribution in [1.29, 1.82) is 0 Å². The van der Waals surface area contributed by atoms with E-state index in [2.05, 4.69) is 16.5 Å². The highest BCUT2D eigenvalue weighted by molar-refractivity contribution is 14.1. The number of aromatic nitrogens is 2. The maximum Gasteiger partial charge on any atom is 0.138 e. The molecule has 1 saturated heterocycles. The fraction of sp³-hybridized carbons (Fsp3) is 0.500. The summed E-state index contributed by atoms with van der Waals surface area (Å²) in [6.07, 6.45) is 0.878. The van der Waals surface area contributed by atoms with Gasteiger partial charge in [0.1, 0.15) is 11.6 Å². The molecular formula is C14H15ClFIN2O. The molecule has 0 aliphatic carbocycles. The number of imidazole rings is 1. The zero-order valence-corrected chi connectivity index (χ0v) is 14.2. The van der Waals surface area contributed by atoms with Crippen molar-refractivity contribution in [2.45, 2.75) is 31.2 Å². The largest absolute Gasteiger partial charge is 0.379 e. The second-order valence-corrected chi connectivity index (χ2v) is 7.29. The Bertz CT molecular complexity index is 665. The second kappa shape index (κ2) is 5.10. The number of fused-ring (bicyclic) bond motifs is 1. The summed E-state index contributed by atoms with van der Waals surface area (Å²) in [7, 11) is 0. The molecule has 0 bridgehead atoms. The van der Waals surface area contributed by atoms with Crippen LogP contribution in [-0.2, 0) is 10.3 Å². The summed E-state index contributed by atoms with van der Waals surface area (Å²) in [5, 5.41) is -0.236. The molecule has 20 heavy (non-hydrogen) atoms. The van der Waals surface area contributed by atoms with Gasteiger partial charge in [0.05, 0.1) is 32.1 Å². The average Bonchev–Trinajstić information content (AvgIpc) is 2.95. The van der Waals surface area contributed by atoms with E-state index in [9.17, 15) is 4.39 Å². The molecule has 3 rings (SSSR count). The highest BCUT2D eigenvalue weighted by Gasteiger charge is 2.36. The molecule has 2 atom stereocenters. The van der Waals surface area contributed by atoms with Crippen LogP contribution >= 0.6 is 34.2 Å². The number of rotatable bonds is 2. The van der Waals surface area contributed by atoms with Crippen LogP contribution in [-0.4, -0.2) is 22.8 Å². The monoisotopic (exact) mass is 408 g/mol. The van der Waals surface area contributed by atoms with Gasteiger partial charge in [0.15, 0.2) is 0 Å². The highest BCUT2D eigenvalue weighted by Crippen LogP contribution is 2.36. The van der Waals surface area contributed by atoms with E-state index in [-0.39, 0.29) is 16.7 Å². The molecule has 1 fully saturated rings. The lowest BCUT2D eigenvalue weighted by molar-refractivity contribution is 0.162. The molecule has 3 nitrogen and oxygen atoms in total. The summed E-state index contributed by atoms with van der Waals surface area (Å²) in [4.78, 5) is 4.61. The summed E-state index contributed by atoms with van der Waals surface area (Å²) < 4.78 is 22.1. The van der Waals surface area contributed by atoms with Gasteiger partial charge in [-0.3, -0.25) is 0 Å². The minimum absolute atomic E-state index is 0.216. The molecule has 0 radical (unpaired) electrons. The Morgan fingerprint density at radius 3 is 2.90 bits per heavy atom. The quantitative estimate of drug-likeness (QED) is 0.550. The van der Waals surface area contributed by atoms with E-state index < -0.39 is 0 Å². The maximum absolute atomic E-state index is 13.9. The van der Waals surface area contributed by atoms with E-state index in [0.29, 0.717) is 16.8 Å². The number of hydrogen-bond acceptors (Lipinski definition) is 2. The Balaban J connectivity index is 2.31. The standard InChI is InChI=1S/C14H15ClFIN2O/c1-8(15)13-18-11-6-10(17)9(16)5-12(11)19(13)14(2)3-4-20-7-14/h5-6,8H,3-4,7H2,1-2H3. The van der Waals surface area contributed by atoms with Crippen molar-refractivity contribution >= 4 is 45.2 Å². The van der Waals surface area contributed by atoms with Crippen LogP contribution in [0.15, 0.2) is 12.1 Å². The van der Waals surface area contributed by atoms with Crippen molar-refractivity contribution in [2.24, 2.45) is 0 Å². The number of benzene rings is 1. The molecule has 2 heterocycles. The van der Waals surface area contributed by atoms with Crippen LogP contribution in [0.3, 0.4) is 0 Å². The fourth-order valence-electron chi connectivity index (χ4n) is 2.76. The summed E-state index contributed by atoms with van der Waals surface area (Å²) in [5.74, 6) is 0.548. The minimum Gasteiger partial charge on any atom is -0.379 e. The molecule has 2 aromatic rings. The van der Waals surface area contributed by atoms with Gasteiger partial charge in [0, 0.05) is 12.7 Å².